The zero-order valence-corrected chi connectivity index (χ0v) is 18.5. The standard InChI is InChI=1S/C23H22N2O4S2/c26-22-21(31-23(30)24(22)18-7-2-1-3-8-18)14-17-6-4-5-9-20(17)29-15-16-10-12-19(13-11-16)25(27)28/h4-6,9-14,18H,1-3,7-8,15H2/b21-14+. The smallest absolute Gasteiger partial charge is 0.269 e. The number of nitro benzene ring substituents is 1. The second kappa shape index (κ2) is 9.62. The van der Waals surface area contributed by atoms with E-state index in [9.17, 15) is 14.9 Å². The van der Waals surface area contributed by atoms with E-state index in [0.29, 0.717) is 15.0 Å². The van der Waals surface area contributed by atoms with Gasteiger partial charge in [0.05, 0.1) is 9.83 Å². The SMILES string of the molecule is O=C1/C(=C\c2ccccc2OCc2ccc([N+](=O)[O-])cc2)SC(=S)N1C1CCCCC1. The molecular formula is C23H22N2O4S2. The number of benzene rings is 2. The summed E-state index contributed by atoms with van der Waals surface area (Å²) in [5.41, 5.74) is 1.67. The minimum absolute atomic E-state index is 0.0212. The number of ether oxygens (including phenoxy) is 1. The van der Waals surface area contributed by atoms with Crippen molar-refractivity contribution in [2.75, 3.05) is 0 Å². The number of nitrogens with zero attached hydrogens (tertiary/aromatic N) is 2. The maximum Gasteiger partial charge on any atom is 0.269 e. The Bertz CT molecular complexity index is 1030. The minimum Gasteiger partial charge on any atom is -0.488 e. The Labute approximate surface area is 190 Å². The zero-order valence-electron chi connectivity index (χ0n) is 16.9. The molecule has 1 aliphatic carbocycles. The molecule has 4 rings (SSSR count). The van der Waals surface area contributed by atoms with Crippen LogP contribution in [0.1, 0.15) is 43.2 Å². The number of thioether (sulfide) groups is 1. The van der Waals surface area contributed by atoms with Gasteiger partial charge in [0.15, 0.2) is 0 Å². The minimum atomic E-state index is -0.427. The Morgan fingerprint density at radius 1 is 1.13 bits per heavy atom. The summed E-state index contributed by atoms with van der Waals surface area (Å²) in [5, 5.41) is 10.8. The van der Waals surface area contributed by atoms with E-state index in [4.69, 9.17) is 17.0 Å². The highest BCUT2D eigenvalue weighted by Gasteiger charge is 2.37. The predicted octanol–water partition coefficient (Wildman–Crippen LogP) is 5.71. The van der Waals surface area contributed by atoms with Crippen LogP contribution in [0.3, 0.4) is 0 Å². The van der Waals surface area contributed by atoms with Gasteiger partial charge in [-0.05, 0) is 42.7 Å². The van der Waals surface area contributed by atoms with Gasteiger partial charge in [-0.25, -0.2) is 0 Å². The number of thiocarbonyl (C=S) groups is 1. The normalized spacial score (nSPS) is 18.6. The van der Waals surface area contributed by atoms with Crippen LogP contribution >= 0.6 is 24.0 Å². The van der Waals surface area contributed by atoms with Gasteiger partial charge in [-0.15, -0.1) is 0 Å². The van der Waals surface area contributed by atoms with Crippen molar-refractivity contribution >= 4 is 46.0 Å². The van der Waals surface area contributed by atoms with Crippen molar-refractivity contribution in [2.45, 2.75) is 44.8 Å². The lowest BCUT2D eigenvalue weighted by atomic mass is 9.94. The fourth-order valence-electron chi connectivity index (χ4n) is 3.88. The van der Waals surface area contributed by atoms with Crippen molar-refractivity contribution in [3.05, 3.63) is 74.7 Å². The van der Waals surface area contributed by atoms with Crippen molar-refractivity contribution in [3.8, 4) is 5.75 Å². The molecule has 2 aromatic carbocycles. The molecule has 1 saturated carbocycles. The van der Waals surface area contributed by atoms with Gasteiger partial charge in [-0.1, -0.05) is 61.4 Å². The highest BCUT2D eigenvalue weighted by atomic mass is 32.2. The number of carbonyl (C=O) groups is 1. The van der Waals surface area contributed by atoms with Crippen LogP contribution in [-0.4, -0.2) is 26.1 Å². The van der Waals surface area contributed by atoms with Crippen molar-refractivity contribution in [1.82, 2.24) is 4.90 Å². The molecule has 0 unspecified atom stereocenters. The number of non-ortho nitro benzene ring substituents is 1. The first-order valence-corrected chi connectivity index (χ1v) is 11.5. The Morgan fingerprint density at radius 3 is 2.55 bits per heavy atom. The van der Waals surface area contributed by atoms with E-state index in [1.54, 1.807) is 17.0 Å². The molecule has 31 heavy (non-hydrogen) atoms. The molecule has 1 saturated heterocycles. The number of hydrogen-bond acceptors (Lipinski definition) is 6. The molecule has 1 aliphatic heterocycles. The summed E-state index contributed by atoms with van der Waals surface area (Å²) < 4.78 is 6.59. The van der Waals surface area contributed by atoms with Crippen LogP contribution in [0.15, 0.2) is 53.4 Å². The van der Waals surface area contributed by atoms with Crippen LogP contribution in [0, 0.1) is 10.1 Å². The summed E-state index contributed by atoms with van der Waals surface area (Å²) in [6.45, 7) is 0.270. The summed E-state index contributed by atoms with van der Waals surface area (Å²) in [6, 6.07) is 14.0. The van der Waals surface area contributed by atoms with Crippen molar-refractivity contribution in [3.63, 3.8) is 0 Å². The molecule has 0 radical (unpaired) electrons. The lowest BCUT2D eigenvalue weighted by Gasteiger charge is -2.29. The second-order valence-electron chi connectivity index (χ2n) is 7.59. The molecular weight excluding hydrogens is 432 g/mol. The average molecular weight is 455 g/mol. The van der Waals surface area contributed by atoms with Gasteiger partial charge in [-0.3, -0.25) is 19.8 Å². The van der Waals surface area contributed by atoms with Crippen LogP contribution in [0.5, 0.6) is 5.75 Å². The molecule has 6 nitrogen and oxygen atoms in total. The first-order valence-electron chi connectivity index (χ1n) is 10.2. The fourth-order valence-corrected chi connectivity index (χ4v) is 5.27. The molecule has 0 atom stereocenters. The lowest BCUT2D eigenvalue weighted by molar-refractivity contribution is -0.384. The van der Waals surface area contributed by atoms with Gasteiger partial charge in [0, 0.05) is 23.7 Å². The molecule has 1 amide bonds. The summed E-state index contributed by atoms with van der Waals surface area (Å²) in [7, 11) is 0. The van der Waals surface area contributed by atoms with Crippen molar-refractivity contribution < 1.29 is 14.5 Å². The van der Waals surface area contributed by atoms with Gasteiger partial charge in [0.2, 0.25) is 0 Å². The largest absolute Gasteiger partial charge is 0.488 e. The Morgan fingerprint density at radius 2 is 1.84 bits per heavy atom. The number of amides is 1. The third-order valence-electron chi connectivity index (χ3n) is 5.51. The van der Waals surface area contributed by atoms with E-state index in [1.807, 2.05) is 30.3 Å². The molecule has 0 bridgehead atoms. The molecule has 0 spiro atoms. The van der Waals surface area contributed by atoms with Gasteiger partial charge >= 0.3 is 0 Å². The van der Waals surface area contributed by atoms with Crippen molar-refractivity contribution in [1.29, 1.82) is 0 Å². The van der Waals surface area contributed by atoms with Gasteiger partial charge in [0.25, 0.3) is 11.6 Å². The van der Waals surface area contributed by atoms with Crippen molar-refractivity contribution in [2.24, 2.45) is 0 Å². The predicted molar refractivity (Wildman–Crippen MR) is 126 cm³/mol. The van der Waals surface area contributed by atoms with Crippen LogP contribution in [-0.2, 0) is 11.4 Å². The second-order valence-corrected chi connectivity index (χ2v) is 9.27. The molecule has 0 aromatic heterocycles. The maximum absolute atomic E-state index is 13.1. The molecule has 8 heteroatoms. The number of nitro groups is 1. The average Bonchev–Trinajstić information content (AvgIpc) is 3.06. The maximum atomic E-state index is 13.1. The zero-order chi connectivity index (χ0) is 21.8. The number of hydrogen-bond donors (Lipinski definition) is 0. The Balaban J connectivity index is 1.49. The van der Waals surface area contributed by atoms with E-state index in [1.165, 1.54) is 30.3 Å². The van der Waals surface area contributed by atoms with Gasteiger partial charge in [-0.2, -0.15) is 0 Å². The lowest BCUT2D eigenvalue weighted by Crippen LogP contribution is -2.39. The van der Waals surface area contributed by atoms with Crippen LogP contribution in [0.4, 0.5) is 5.69 Å². The van der Waals surface area contributed by atoms with E-state index in [-0.39, 0.29) is 24.2 Å². The van der Waals surface area contributed by atoms with E-state index >= 15 is 0 Å². The molecule has 0 N–H and O–H groups in total. The quantitative estimate of drug-likeness (QED) is 0.241. The number of carbonyl (C=O) groups excluding carboxylic acids is 1. The molecule has 2 fully saturated rings. The third kappa shape index (κ3) is 4.97. The summed E-state index contributed by atoms with van der Waals surface area (Å²) in [4.78, 5) is 25.8. The van der Waals surface area contributed by atoms with Crippen LogP contribution in [0.2, 0.25) is 0 Å². The first-order chi connectivity index (χ1) is 15.0. The fraction of sp³-hybridized carbons (Fsp3) is 0.304. The Hall–Kier alpha value is -2.71. The summed E-state index contributed by atoms with van der Waals surface area (Å²) >= 11 is 6.86. The Kier molecular flexibility index (Phi) is 6.67. The number of rotatable bonds is 6. The molecule has 1 heterocycles. The third-order valence-corrected chi connectivity index (χ3v) is 6.84. The molecule has 2 aliphatic rings. The topological polar surface area (TPSA) is 72.7 Å². The molecule has 2 aromatic rings. The molecule has 160 valence electrons. The van der Waals surface area contributed by atoms with Crippen LogP contribution < -0.4 is 4.74 Å². The summed E-state index contributed by atoms with van der Waals surface area (Å²) in [5.74, 6) is 0.621. The first kappa shape index (κ1) is 21.5. The van der Waals surface area contributed by atoms with E-state index < -0.39 is 4.92 Å². The van der Waals surface area contributed by atoms with Gasteiger partial charge < -0.3 is 4.74 Å². The summed E-state index contributed by atoms with van der Waals surface area (Å²) in [6.07, 6.45) is 7.36. The number of para-hydroxylation sites is 1. The van der Waals surface area contributed by atoms with E-state index in [2.05, 4.69) is 0 Å². The van der Waals surface area contributed by atoms with Crippen LogP contribution in [0.25, 0.3) is 6.08 Å². The van der Waals surface area contributed by atoms with Gasteiger partial charge in [0.1, 0.15) is 16.7 Å². The highest BCUT2D eigenvalue weighted by molar-refractivity contribution is 8.26. The van der Waals surface area contributed by atoms with E-state index in [0.717, 1.165) is 36.8 Å². The monoisotopic (exact) mass is 454 g/mol. The highest BCUT2D eigenvalue weighted by Crippen LogP contribution is 2.38.